The van der Waals surface area contributed by atoms with Gasteiger partial charge >= 0.3 is 5.97 Å². The molecule has 6 rings (SSSR count). The Balaban J connectivity index is 1.20. The van der Waals surface area contributed by atoms with Crippen molar-refractivity contribution in [2.75, 3.05) is 19.0 Å². The summed E-state index contributed by atoms with van der Waals surface area (Å²) in [4.78, 5) is 38.5. The second-order valence-corrected chi connectivity index (χ2v) is 11.0. The number of pyridine rings is 1. The molecule has 0 spiro atoms. The van der Waals surface area contributed by atoms with Crippen LogP contribution < -0.4 is 10.1 Å². The SMILES string of the molecule is COc1cccc(-c2csc(NC(=O)C(C)OC(=O)c3c4c(nc5ccccc35)CCN(Cc3ccccc3)C4)n2)c1. The third-order valence-electron chi connectivity index (χ3n) is 7.33. The zero-order chi connectivity index (χ0) is 29.1. The van der Waals surface area contributed by atoms with E-state index in [1.54, 1.807) is 14.0 Å². The van der Waals surface area contributed by atoms with Gasteiger partial charge in [0.15, 0.2) is 11.2 Å². The minimum Gasteiger partial charge on any atom is -0.497 e. The number of nitrogens with zero attached hydrogens (tertiary/aromatic N) is 3. The lowest BCUT2D eigenvalue weighted by Crippen LogP contribution is -2.34. The lowest BCUT2D eigenvalue weighted by atomic mass is 9.95. The smallest absolute Gasteiger partial charge is 0.339 e. The summed E-state index contributed by atoms with van der Waals surface area (Å²) in [5, 5.41) is 5.79. The average molecular weight is 579 g/mol. The third kappa shape index (κ3) is 5.88. The molecular weight excluding hydrogens is 548 g/mol. The Labute approximate surface area is 248 Å². The summed E-state index contributed by atoms with van der Waals surface area (Å²) in [5.74, 6) is -0.265. The molecule has 42 heavy (non-hydrogen) atoms. The van der Waals surface area contributed by atoms with Gasteiger partial charge in [0.05, 0.1) is 23.9 Å². The number of nitrogens with one attached hydrogen (secondary N) is 1. The zero-order valence-electron chi connectivity index (χ0n) is 23.4. The van der Waals surface area contributed by atoms with E-state index in [1.165, 1.54) is 16.9 Å². The van der Waals surface area contributed by atoms with Crippen LogP contribution in [0.4, 0.5) is 5.13 Å². The van der Waals surface area contributed by atoms with Crippen LogP contribution in [0, 0.1) is 0 Å². The molecule has 8 nitrogen and oxygen atoms in total. The molecule has 0 radical (unpaired) electrons. The third-order valence-corrected chi connectivity index (χ3v) is 8.09. The fourth-order valence-electron chi connectivity index (χ4n) is 5.18. The second-order valence-electron chi connectivity index (χ2n) is 10.2. The minimum atomic E-state index is -1.03. The van der Waals surface area contributed by atoms with Gasteiger partial charge in [-0.15, -0.1) is 11.3 Å². The van der Waals surface area contributed by atoms with Gasteiger partial charge in [-0.3, -0.25) is 20.0 Å². The van der Waals surface area contributed by atoms with E-state index in [4.69, 9.17) is 14.5 Å². The van der Waals surface area contributed by atoms with Gasteiger partial charge in [0, 0.05) is 53.6 Å². The fraction of sp³-hybridized carbons (Fsp3) is 0.212. The van der Waals surface area contributed by atoms with Gasteiger partial charge < -0.3 is 9.47 Å². The molecule has 1 aliphatic heterocycles. The van der Waals surface area contributed by atoms with Crippen molar-refractivity contribution in [3.8, 4) is 17.0 Å². The maximum absolute atomic E-state index is 13.7. The summed E-state index contributed by atoms with van der Waals surface area (Å²) in [5.41, 5.74) is 5.77. The van der Waals surface area contributed by atoms with Crippen molar-refractivity contribution >= 4 is 39.2 Å². The number of carbonyl (C=O) groups excluding carboxylic acids is 2. The summed E-state index contributed by atoms with van der Waals surface area (Å²) >= 11 is 1.30. The Kier molecular flexibility index (Phi) is 7.94. The van der Waals surface area contributed by atoms with E-state index in [9.17, 15) is 9.59 Å². The number of amides is 1. The molecule has 5 aromatic rings. The molecule has 1 aliphatic rings. The molecule has 0 aliphatic carbocycles. The second kappa shape index (κ2) is 12.1. The molecule has 1 amide bonds. The first-order chi connectivity index (χ1) is 20.5. The summed E-state index contributed by atoms with van der Waals surface area (Å²) < 4.78 is 11.1. The van der Waals surface area contributed by atoms with Crippen molar-refractivity contribution in [3.05, 3.63) is 107 Å². The molecule has 0 bridgehead atoms. The topological polar surface area (TPSA) is 93.6 Å². The Morgan fingerprint density at radius 3 is 2.67 bits per heavy atom. The number of carbonyl (C=O) groups is 2. The summed E-state index contributed by atoms with van der Waals surface area (Å²) in [6, 6.07) is 25.4. The quantitative estimate of drug-likeness (QED) is 0.222. The first kappa shape index (κ1) is 27.6. The Hall–Kier alpha value is -4.60. The van der Waals surface area contributed by atoms with Gasteiger partial charge in [-0.2, -0.15) is 0 Å². The Morgan fingerprint density at radius 1 is 1.02 bits per heavy atom. The number of aromatic nitrogens is 2. The van der Waals surface area contributed by atoms with Crippen molar-refractivity contribution < 1.29 is 19.1 Å². The normalized spacial score (nSPS) is 13.8. The fourth-order valence-corrected chi connectivity index (χ4v) is 5.90. The number of methoxy groups -OCH3 is 1. The molecule has 2 aromatic heterocycles. The lowest BCUT2D eigenvalue weighted by molar-refractivity contribution is -0.123. The molecule has 0 saturated carbocycles. The molecular formula is C33H30N4O4S. The highest BCUT2D eigenvalue weighted by Gasteiger charge is 2.29. The molecule has 0 fully saturated rings. The van der Waals surface area contributed by atoms with Crippen LogP contribution in [-0.2, 0) is 29.0 Å². The van der Waals surface area contributed by atoms with Crippen LogP contribution in [-0.4, -0.2) is 46.5 Å². The number of para-hydroxylation sites is 1. The highest BCUT2D eigenvalue weighted by molar-refractivity contribution is 7.14. The van der Waals surface area contributed by atoms with Crippen LogP contribution in [0.15, 0.2) is 84.2 Å². The molecule has 3 aromatic carbocycles. The van der Waals surface area contributed by atoms with Gasteiger partial charge in [-0.05, 0) is 30.7 Å². The number of hydrogen-bond donors (Lipinski definition) is 1. The number of hydrogen-bond acceptors (Lipinski definition) is 8. The number of anilines is 1. The maximum Gasteiger partial charge on any atom is 0.339 e. The van der Waals surface area contributed by atoms with E-state index in [0.29, 0.717) is 22.9 Å². The summed E-state index contributed by atoms with van der Waals surface area (Å²) in [6.45, 7) is 3.75. The summed E-state index contributed by atoms with van der Waals surface area (Å²) in [7, 11) is 1.61. The van der Waals surface area contributed by atoms with Gasteiger partial charge in [0.2, 0.25) is 0 Å². The lowest BCUT2D eigenvalue weighted by Gasteiger charge is -2.30. The molecule has 3 heterocycles. The standard InChI is InChI=1S/C33H30N4O4S/c1-21(31(38)36-33-35-29(20-42-33)23-11-8-12-24(17-23)40-2)41-32(39)30-25-13-6-7-14-27(25)34-28-15-16-37(19-26(28)30)18-22-9-4-3-5-10-22/h3-14,17,20-21H,15-16,18-19H2,1-2H3,(H,35,36,38). The van der Waals surface area contributed by atoms with Crippen LogP contribution in [0.1, 0.15) is 34.1 Å². The van der Waals surface area contributed by atoms with Crippen LogP contribution >= 0.6 is 11.3 Å². The number of ether oxygens (including phenoxy) is 2. The van der Waals surface area contributed by atoms with Crippen molar-refractivity contribution in [2.45, 2.75) is 32.5 Å². The molecule has 1 unspecified atom stereocenters. The number of thiazole rings is 1. The van der Waals surface area contributed by atoms with E-state index in [1.807, 2.05) is 72.1 Å². The number of benzene rings is 3. The highest BCUT2D eigenvalue weighted by atomic mass is 32.1. The van der Waals surface area contributed by atoms with E-state index in [0.717, 1.165) is 53.0 Å². The molecule has 1 N–H and O–H groups in total. The van der Waals surface area contributed by atoms with Crippen LogP contribution in [0.3, 0.4) is 0 Å². The van der Waals surface area contributed by atoms with Crippen molar-refractivity contribution in [1.29, 1.82) is 0 Å². The highest BCUT2D eigenvalue weighted by Crippen LogP contribution is 2.31. The van der Waals surface area contributed by atoms with Crippen LogP contribution in [0.25, 0.3) is 22.2 Å². The van der Waals surface area contributed by atoms with E-state index >= 15 is 0 Å². The van der Waals surface area contributed by atoms with Crippen LogP contribution in [0.5, 0.6) is 5.75 Å². The van der Waals surface area contributed by atoms with Crippen molar-refractivity contribution in [1.82, 2.24) is 14.9 Å². The van der Waals surface area contributed by atoms with Crippen LogP contribution in [0.2, 0.25) is 0 Å². The summed E-state index contributed by atoms with van der Waals surface area (Å²) in [6.07, 6.45) is -0.309. The van der Waals surface area contributed by atoms with Crippen molar-refractivity contribution in [2.24, 2.45) is 0 Å². The molecule has 0 saturated heterocycles. The minimum absolute atomic E-state index is 0.420. The Bertz CT molecular complexity index is 1750. The van der Waals surface area contributed by atoms with Gasteiger partial charge in [0.25, 0.3) is 5.91 Å². The first-order valence-corrected chi connectivity index (χ1v) is 14.6. The van der Waals surface area contributed by atoms with E-state index < -0.39 is 18.0 Å². The number of fused-ring (bicyclic) bond motifs is 2. The van der Waals surface area contributed by atoms with E-state index in [2.05, 4.69) is 27.3 Å². The van der Waals surface area contributed by atoms with E-state index in [-0.39, 0.29) is 0 Å². The maximum atomic E-state index is 13.7. The molecule has 1 atom stereocenters. The Morgan fingerprint density at radius 2 is 1.83 bits per heavy atom. The van der Waals surface area contributed by atoms with Gasteiger partial charge in [-0.25, -0.2) is 9.78 Å². The van der Waals surface area contributed by atoms with Crippen molar-refractivity contribution in [3.63, 3.8) is 0 Å². The number of rotatable bonds is 8. The number of esters is 1. The molecule has 9 heteroatoms. The monoisotopic (exact) mass is 578 g/mol. The largest absolute Gasteiger partial charge is 0.497 e. The zero-order valence-corrected chi connectivity index (χ0v) is 24.2. The predicted octanol–water partition coefficient (Wildman–Crippen LogP) is 6.11. The predicted molar refractivity (Wildman–Crippen MR) is 164 cm³/mol. The average Bonchev–Trinajstić information content (AvgIpc) is 3.49. The first-order valence-electron chi connectivity index (χ1n) is 13.8. The molecule has 212 valence electrons. The van der Waals surface area contributed by atoms with Gasteiger partial charge in [0.1, 0.15) is 5.75 Å². The van der Waals surface area contributed by atoms with Gasteiger partial charge in [-0.1, -0.05) is 60.7 Å².